The summed E-state index contributed by atoms with van der Waals surface area (Å²) in [4.78, 5) is 14.3. The topological polar surface area (TPSA) is 40.5 Å². The Labute approximate surface area is 99.7 Å². The number of thiophene rings is 1. The van der Waals surface area contributed by atoms with Gasteiger partial charge in [-0.2, -0.15) is 0 Å². The Hall–Kier alpha value is -0.870. The molecule has 0 spiro atoms. The lowest BCUT2D eigenvalue weighted by Crippen LogP contribution is -2.26. The largest absolute Gasteiger partial charge is 0.481 e. The summed E-state index contributed by atoms with van der Waals surface area (Å²) in [7, 11) is 0. The molecule has 0 saturated heterocycles. The number of nitrogens with zero attached hydrogens (tertiary/aromatic N) is 1. The van der Waals surface area contributed by atoms with Crippen molar-refractivity contribution in [2.75, 3.05) is 6.54 Å². The Balaban J connectivity index is 1.78. The minimum absolute atomic E-state index is 0.285. The first-order valence-corrected chi connectivity index (χ1v) is 6.62. The molecule has 2 rings (SSSR count). The summed E-state index contributed by atoms with van der Waals surface area (Å²) in [6, 6.07) is 4.93. The molecule has 0 aromatic carbocycles. The summed E-state index contributed by atoms with van der Waals surface area (Å²) in [6.45, 7) is 1.90. The SMILES string of the molecule is O=C(O)CCCN(Cc1cccs1)C1CC1. The van der Waals surface area contributed by atoms with Crippen molar-refractivity contribution in [2.45, 2.75) is 38.3 Å². The van der Waals surface area contributed by atoms with Gasteiger partial charge in [0.05, 0.1) is 0 Å². The van der Waals surface area contributed by atoms with Crippen LogP contribution >= 0.6 is 11.3 Å². The van der Waals surface area contributed by atoms with E-state index in [1.165, 1.54) is 17.7 Å². The van der Waals surface area contributed by atoms with Crippen LogP contribution in [0.4, 0.5) is 0 Å². The van der Waals surface area contributed by atoms with Crippen molar-refractivity contribution in [3.63, 3.8) is 0 Å². The van der Waals surface area contributed by atoms with E-state index in [1.807, 2.05) is 0 Å². The first-order valence-electron chi connectivity index (χ1n) is 5.74. The van der Waals surface area contributed by atoms with Crippen LogP contribution in [0.25, 0.3) is 0 Å². The smallest absolute Gasteiger partial charge is 0.303 e. The van der Waals surface area contributed by atoms with Crippen molar-refractivity contribution in [3.8, 4) is 0 Å². The zero-order chi connectivity index (χ0) is 11.4. The molecule has 0 aliphatic heterocycles. The average Bonchev–Trinajstić information content (AvgIpc) is 2.96. The molecular weight excluding hydrogens is 222 g/mol. The van der Waals surface area contributed by atoms with E-state index in [1.54, 1.807) is 11.3 Å². The zero-order valence-corrected chi connectivity index (χ0v) is 10.1. The molecule has 0 unspecified atom stereocenters. The highest BCUT2D eigenvalue weighted by Gasteiger charge is 2.28. The van der Waals surface area contributed by atoms with Gasteiger partial charge in [-0.25, -0.2) is 0 Å². The normalized spacial score (nSPS) is 15.6. The molecule has 1 aliphatic carbocycles. The number of aliphatic carboxylic acids is 1. The summed E-state index contributed by atoms with van der Waals surface area (Å²) in [5.74, 6) is -0.688. The van der Waals surface area contributed by atoms with Gasteiger partial charge in [-0.3, -0.25) is 9.69 Å². The molecule has 0 atom stereocenters. The van der Waals surface area contributed by atoms with E-state index in [0.717, 1.165) is 19.5 Å². The van der Waals surface area contributed by atoms with E-state index in [4.69, 9.17) is 5.11 Å². The molecule has 1 aromatic rings. The van der Waals surface area contributed by atoms with Crippen LogP contribution in [0.5, 0.6) is 0 Å². The second kappa shape index (κ2) is 5.46. The van der Waals surface area contributed by atoms with Crippen molar-refractivity contribution < 1.29 is 9.90 Å². The highest BCUT2D eigenvalue weighted by atomic mass is 32.1. The molecule has 4 heteroatoms. The fourth-order valence-corrected chi connectivity index (χ4v) is 2.60. The number of hydrogen-bond acceptors (Lipinski definition) is 3. The van der Waals surface area contributed by atoms with Gasteiger partial charge in [0.25, 0.3) is 0 Å². The van der Waals surface area contributed by atoms with Crippen LogP contribution in [0.15, 0.2) is 17.5 Å². The van der Waals surface area contributed by atoms with Crippen LogP contribution in [-0.4, -0.2) is 28.6 Å². The second-order valence-corrected chi connectivity index (χ2v) is 5.31. The predicted molar refractivity (Wildman–Crippen MR) is 64.6 cm³/mol. The Morgan fingerprint density at radius 1 is 1.56 bits per heavy atom. The number of carboxylic acids is 1. The van der Waals surface area contributed by atoms with E-state index in [2.05, 4.69) is 22.4 Å². The van der Waals surface area contributed by atoms with Gasteiger partial charge in [-0.15, -0.1) is 11.3 Å². The highest BCUT2D eigenvalue weighted by molar-refractivity contribution is 7.09. The molecule has 1 saturated carbocycles. The molecule has 1 N–H and O–H groups in total. The Morgan fingerprint density at radius 3 is 2.94 bits per heavy atom. The number of carbonyl (C=O) groups is 1. The molecule has 88 valence electrons. The third kappa shape index (κ3) is 3.61. The summed E-state index contributed by atoms with van der Waals surface area (Å²) >= 11 is 1.78. The Morgan fingerprint density at radius 2 is 2.38 bits per heavy atom. The van der Waals surface area contributed by atoms with Crippen molar-refractivity contribution in [2.24, 2.45) is 0 Å². The maximum Gasteiger partial charge on any atom is 0.303 e. The lowest BCUT2D eigenvalue weighted by molar-refractivity contribution is -0.137. The fraction of sp³-hybridized carbons (Fsp3) is 0.583. The Kier molecular flexibility index (Phi) is 3.96. The molecule has 0 amide bonds. The second-order valence-electron chi connectivity index (χ2n) is 4.28. The van der Waals surface area contributed by atoms with Gasteiger partial charge in [0.2, 0.25) is 0 Å². The van der Waals surface area contributed by atoms with E-state index in [9.17, 15) is 4.79 Å². The Bertz CT molecular complexity index is 333. The van der Waals surface area contributed by atoms with Gasteiger partial charge in [0.1, 0.15) is 0 Å². The zero-order valence-electron chi connectivity index (χ0n) is 9.26. The summed E-state index contributed by atoms with van der Waals surface area (Å²) < 4.78 is 0. The molecule has 16 heavy (non-hydrogen) atoms. The van der Waals surface area contributed by atoms with Gasteiger partial charge in [0, 0.05) is 23.9 Å². The monoisotopic (exact) mass is 239 g/mol. The van der Waals surface area contributed by atoms with Crippen molar-refractivity contribution >= 4 is 17.3 Å². The summed E-state index contributed by atoms with van der Waals surface area (Å²) in [5.41, 5.74) is 0. The fourth-order valence-electron chi connectivity index (χ4n) is 1.87. The minimum Gasteiger partial charge on any atom is -0.481 e. The van der Waals surface area contributed by atoms with Crippen LogP contribution in [0, 0.1) is 0 Å². The van der Waals surface area contributed by atoms with E-state index < -0.39 is 5.97 Å². The predicted octanol–water partition coefficient (Wildman–Crippen LogP) is 2.58. The van der Waals surface area contributed by atoms with Gasteiger partial charge in [0.15, 0.2) is 0 Å². The number of carboxylic acid groups (broad SMARTS) is 1. The molecule has 0 radical (unpaired) electrons. The first-order chi connectivity index (χ1) is 7.75. The standard InChI is InChI=1S/C12H17NO2S/c14-12(15)4-1-7-13(10-5-6-10)9-11-3-2-8-16-11/h2-3,8,10H,1,4-7,9H2,(H,14,15). The molecule has 3 nitrogen and oxygen atoms in total. The lowest BCUT2D eigenvalue weighted by atomic mass is 10.3. The third-order valence-corrected chi connectivity index (χ3v) is 3.70. The quantitative estimate of drug-likeness (QED) is 0.795. The van der Waals surface area contributed by atoms with Gasteiger partial charge in [-0.1, -0.05) is 6.07 Å². The molecule has 0 bridgehead atoms. The number of hydrogen-bond donors (Lipinski definition) is 1. The van der Waals surface area contributed by atoms with Crippen LogP contribution in [0.3, 0.4) is 0 Å². The average molecular weight is 239 g/mol. The van der Waals surface area contributed by atoms with Gasteiger partial charge >= 0.3 is 5.97 Å². The first kappa shape index (κ1) is 11.6. The summed E-state index contributed by atoms with van der Waals surface area (Å²) in [5, 5.41) is 10.7. The van der Waals surface area contributed by atoms with E-state index in [-0.39, 0.29) is 6.42 Å². The third-order valence-electron chi connectivity index (χ3n) is 2.84. The molecular formula is C12H17NO2S. The lowest BCUT2D eigenvalue weighted by Gasteiger charge is -2.20. The van der Waals surface area contributed by atoms with E-state index in [0.29, 0.717) is 6.04 Å². The van der Waals surface area contributed by atoms with Gasteiger partial charge in [-0.05, 0) is 37.3 Å². The van der Waals surface area contributed by atoms with Crippen LogP contribution in [-0.2, 0) is 11.3 Å². The molecule has 1 fully saturated rings. The molecule has 1 aliphatic rings. The van der Waals surface area contributed by atoms with Gasteiger partial charge < -0.3 is 5.11 Å². The van der Waals surface area contributed by atoms with Crippen LogP contribution < -0.4 is 0 Å². The minimum atomic E-state index is -0.688. The maximum atomic E-state index is 10.5. The van der Waals surface area contributed by atoms with Crippen molar-refractivity contribution in [1.82, 2.24) is 4.90 Å². The van der Waals surface area contributed by atoms with E-state index >= 15 is 0 Å². The molecule has 1 heterocycles. The maximum absolute atomic E-state index is 10.5. The number of rotatable bonds is 7. The highest BCUT2D eigenvalue weighted by Crippen LogP contribution is 2.29. The van der Waals surface area contributed by atoms with Crippen molar-refractivity contribution in [3.05, 3.63) is 22.4 Å². The van der Waals surface area contributed by atoms with Crippen molar-refractivity contribution in [1.29, 1.82) is 0 Å². The summed E-state index contributed by atoms with van der Waals surface area (Å²) in [6.07, 6.45) is 3.60. The van der Waals surface area contributed by atoms with Crippen LogP contribution in [0.1, 0.15) is 30.6 Å². The molecule has 1 aromatic heterocycles. The van der Waals surface area contributed by atoms with Crippen LogP contribution in [0.2, 0.25) is 0 Å².